The normalized spacial score (nSPS) is 10.8. The lowest BCUT2D eigenvalue weighted by molar-refractivity contribution is 0.559. The average molecular weight is 277 g/mol. The zero-order valence-corrected chi connectivity index (χ0v) is 12.0. The molecule has 1 aromatic carbocycles. The van der Waals surface area contributed by atoms with E-state index < -0.39 is 0 Å². The van der Waals surface area contributed by atoms with Gasteiger partial charge < -0.3 is 4.42 Å². The Kier molecular flexibility index (Phi) is 3.18. The van der Waals surface area contributed by atoms with Gasteiger partial charge in [0.15, 0.2) is 5.43 Å². The maximum atomic E-state index is 12.6. The van der Waals surface area contributed by atoms with Crippen LogP contribution in [-0.2, 0) is 0 Å². The lowest BCUT2D eigenvalue weighted by Gasteiger charge is -2.08. The highest BCUT2D eigenvalue weighted by molar-refractivity contribution is 5.92. The molecule has 104 valence electrons. The van der Waals surface area contributed by atoms with Crippen molar-refractivity contribution in [3.63, 3.8) is 0 Å². The Balaban J connectivity index is 2.34. The van der Waals surface area contributed by atoms with Crippen LogP contribution in [0.3, 0.4) is 0 Å². The first kappa shape index (κ1) is 13.3. The van der Waals surface area contributed by atoms with Crippen molar-refractivity contribution in [1.82, 2.24) is 4.98 Å². The van der Waals surface area contributed by atoms with E-state index in [2.05, 4.69) is 11.6 Å². The van der Waals surface area contributed by atoms with Crippen LogP contribution >= 0.6 is 0 Å². The van der Waals surface area contributed by atoms with Crippen LogP contribution in [0.2, 0.25) is 0 Å². The largest absolute Gasteiger partial charge is 0.461 e. The highest BCUT2D eigenvalue weighted by Gasteiger charge is 2.13. The number of nitrogens with zero attached hydrogens (tertiary/aromatic N) is 1. The van der Waals surface area contributed by atoms with Gasteiger partial charge in [-0.3, -0.25) is 9.78 Å². The van der Waals surface area contributed by atoms with Crippen LogP contribution in [0.5, 0.6) is 0 Å². The average Bonchev–Trinajstić information content (AvgIpc) is 2.52. The third-order valence-corrected chi connectivity index (χ3v) is 3.68. The Bertz CT molecular complexity index is 889. The number of aryl methyl sites for hydroxylation is 1. The lowest BCUT2D eigenvalue weighted by Crippen LogP contribution is -2.08. The van der Waals surface area contributed by atoms with E-state index in [4.69, 9.17) is 4.42 Å². The Morgan fingerprint density at radius 2 is 2.00 bits per heavy atom. The van der Waals surface area contributed by atoms with Crippen LogP contribution in [0.1, 0.15) is 16.9 Å². The van der Waals surface area contributed by atoms with Crippen LogP contribution in [0.4, 0.5) is 0 Å². The second-order valence-corrected chi connectivity index (χ2v) is 4.97. The molecular weight excluding hydrogens is 262 g/mol. The standard InChI is InChI=1S/C18H15NO2/c1-4-13-8-9-15(19-10-13)14-6-5-7-16-17(14)18(20)11(2)12(3)21-16/h4-10H,1H2,2-3H3. The van der Waals surface area contributed by atoms with Crippen molar-refractivity contribution in [2.75, 3.05) is 0 Å². The molecular formula is C18H15NO2. The maximum absolute atomic E-state index is 12.6. The zero-order chi connectivity index (χ0) is 15.0. The molecule has 3 aromatic rings. The van der Waals surface area contributed by atoms with Crippen molar-refractivity contribution in [2.45, 2.75) is 13.8 Å². The van der Waals surface area contributed by atoms with E-state index in [9.17, 15) is 4.79 Å². The van der Waals surface area contributed by atoms with Gasteiger partial charge >= 0.3 is 0 Å². The molecule has 0 aliphatic heterocycles. The minimum atomic E-state index is -0.000975. The molecule has 0 aliphatic rings. The Morgan fingerprint density at radius 1 is 1.19 bits per heavy atom. The zero-order valence-electron chi connectivity index (χ0n) is 12.0. The molecule has 21 heavy (non-hydrogen) atoms. The molecule has 0 fully saturated rings. The Labute approximate surface area is 122 Å². The summed E-state index contributed by atoms with van der Waals surface area (Å²) in [6.45, 7) is 7.30. The minimum Gasteiger partial charge on any atom is -0.461 e. The Morgan fingerprint density at radius 3 is 2.67 bits per heavy atom. The fraction of sp³-hybridized carbons (Fsp3) is 0.111. The molecule has 3 heteroatoms. The van der Waals surface area contributed by atoms with E-state index >= 15 is 0 Å². The van der Waals surface area contributed by atoms with Gasteiger partial charge in [0.25, 0.3) is 0 Å². The monoisotopic (exact) mass is 277 g/mol. The molecule has 0 radical (unpaired) electrons. The van der Waals surface area contributed by atoms with Gasteiger partial charge in [-0.05, 0) is 31.5 Å². The van der Waals surface area contributed by atoms with Crippen molar-refractivity contribution in [3.05, 3.63) is 70.2 Å². The number of fused-ring (bicyclic) bond motifs is 1. The molecule has 2 heterocycles. The molecule has 0 unspecified atom stereocenters. The fourth-order valence-electron chi connectivity index (χ4n) is 2.34. The van der Waals surface area contributed by atoms with Gasteiger partial charge in [0.05, 0.1) is 11.1 Å². The molecule has 0 saturated heterocycles. The first-order valence-corrected chi connectivity index (χ1v) is 6.73. The van der Waals surface area contributed by atoms with Crippen LogP contribution in [-0.4, -0.2) is 4.98 Å². The summed E-state index contributed by atoms with van der Waals surface area (Å²) in [4.78, 5) is 17.0. The number of hydrogen-bond acceptors (Lipinski definition) is 3. The number of hydrogen-bond donors (Lipinski definition) is 0. The van der Waals surface area contributed by atoms with E-state index in [0.717, 1.165) is 16.8 Å². The predicted molar refractivity (Wildman–Crippen MR) is 85.3 cm³/mol. The van der Waals surface area contributed by atoms with E-state index in [1.54, 1.807) is 26.1 Å². The number of aromatic nitrogens is 1. The maximum Gasteiger partial charge on any atom is 0.196 e. The summed E-state index contributed by atoms with van der Waals surface area (Å²) in [5, 5.41) is 0.583. The summed E-state index contributed by atoms with van der Waals surface area (Å²) in [6, 6.07) is 9.39. The fourth-order valence-corrected chi connectivity index (χ4v) is 2.34. The van der Waals surface area contributed by atoms with Crippen LogP contribution in [0.15, 0.2) is 52.3 Å². The van der Waals surface area contributed by atoms with E-state index in [0.29, 0.717) is 22.3 Å². The molecule has 0 bridgehead atoms. The highest BCUT2D eigenvalue weighted by atomic mass is 16.3. The predicted octanol–water partition coefficient (Wildman–Crippen LogP) is 4.11. The third-order valence-electron chi connectivity index (χ3n) is 3.68. The molecule has 0 saturated carbocycles. The molecule has 2 aromatic heterocycles. The van der Waals surface area contributed by atoms with Gasteiger partial charge in [0, 0.05) is 17.3 Å². The van der Waals surface area contributed by atoms with Gasteiger partial charge in [-0.1, -0.05) is 30.9 Å². The van der Waals surface area contributed by atoms with Crippen molar-refractivity contribution >= 4 is 17.0 Å². The van der Waals surface area contributed by atoms with Crippen molar-refractivity contribution in [3.8, 4) is 11.3 Å². The minimum absolute atomic E-state index is 0.000975. The van der Waals surface area contributed by atoms with Gasteiger partial charge in [-0.2, -0.15) is 0 Å². The van der Waals surface area contributed by atoms with E-state index in [1.165, 1.54) is 0 Å². The summed E-state index contributed by atoms with van der Waals surface area (Å²) < 4.78 is 5.74. The quantitative estimate of drug-likeness (QED) is 0.707. The molecule has 3 nitrogen and oxygen atoms in total. The third kappa shape index (κ3) is 2.17. The van der Waals surface area contributed by atoms with Gasteiger partial charge in [-0.15, -0.1) is 0 Å². The number of rotatable bonds is 2. The second kappa shape index (κ2) is 5.02. The summed E-state index contributed by atoms with van der Waals surface area (Å²) in [6.07, 6.45) is 3.48. The SMILES string of the molecule is C=Cc1ccc(-c2cccc3oc(C)c(C)c(=O)c23)nc1. The van der Waals surface area contributed by atoms with Crippen LogP contribution in [0.25, 0.3) is 28.3 Å². The summed E-state index contributed by atoms with van der Waals surface area (Å²) in [5.41, 5.74) is 3.71. The topological polar surface area (TPSA) is 43.1 Å². The molecule has 0 N–H and O–H groups in total. The Hall–Kier alpha value is -2.68. The van der Waals surface area contributed by atoms with Gasteiger partial charge in [0.1, 0.15) is 11.3 Å². The van der Waals surface area contributed by atoms with E-state index in [-0.39, 0.29) is 5.43 Å². The highest BCUT2D eigenvalue weighted by Crippen LogP contribution is 2.26. The summed E-state index contributed by atoms with van der Waals surface area (Å²) >= 11 is 0. The molecule has 0 spiro atoms. The first-order valence-electron chi connectivity index (χ1n) is 6.73. The van der Waals surface area contributed by atoms with Crippen molar-refractivity contribution < 1.29 is 4.42 Å². The van der Waals surface area contributed by atoms with Gasteiger partial charge in [-0.25, -0.2) is 0 Å². The second-order valence-electron chi connectivity index (χ2n) is 4.97. The van der Waals surface area contributed by atoms with Gasteiger partial charge in [0.2, 0.25) is 0 Å². The first-order chi connectivity index (χ1) is 10.1. The van der Waals surface area contributed by atoms with Crippen LogP contribution in [0, 0.1) is 13.8 Å². The van der Waals surface area contributed by atoms with Crippen LogP contribution < -0.4 is 5.43 Å². The molecule has 0 aliphatic carbocycles. The number of pyridine rings is 1. The summed E-state index contributed by atoms with van der Waals surface area (Å²) in [7, 11) is 0. The number of benzene rings is 1. The molecule has 0 atom stereocenters. The van der Waals surface area contributed by atoms with Crippen molar-refractivity contribution in [2.24, 2.45) is 0 Å². The van der Waals surface area contributed by atoms with E-state index in [1.807, 2.05) is 30.3 Å². The molecule has 3 rings (SSSR count). The summed E-state index contributed by atoms with van der Waals surface area (Å²) in [5.74, 6) is 0.652. The smallest absolute Gasteiger partial charge is 0.196 e. The lowest BCUT2D eigenvalue weighted by atomic mass is 10.0. The van der Waals surface area contributed by atoms with Crippen molar-refractivity contribution in [1.29, 1.82) is 0 Å². The molecule has 0 amide bonds.